The molecule has 0 fully saturated rings. The number of fused-ring (bicyclic) bond motifs is 1. The molecule has 3 nitrogen and oxygen atoms in total. The lowest BCUT2D eigenvalue weighted by atomic mass is 10.1. The van der Waals surface area contributed by atoms with E-state index in [-0.39, 0.29) is 12.0 Å². The molecule has 0 saturated heterocycles. The zero-order valence-corrected chi connectivity index (χ0v) is 11.4. The molecule has 2 atom stereocenters. The largest absolute Gasteiger partial charge is 0.480 e. The van der Waals surface area contributed by atoms with Gasteiger partial charge in [0.2, 0.25) is 0 Å². The number of ether oxygens (including phenoxy) is 1. The van der Waals surface area contributed by atoms with E-state index in [1.807, 2.05) is 24.3 Å². The highest BCUT2D eigenvalue weighted by Gasteiger charge is 2.28. The quantitative estimate of drug-likeness (QED) is 0.866. The van der Waals surface area contributed by atoms with Gasteiger partial charge >= 0.3 is 0 Å². The van der Waals surface area contributed by atoms with Crippen molar-refractivity contribution < 1.29 is 9.53 Å². The highest BCUT2D eigenvalue weighted by molar-refractivity contribution is 9.09. The van der Waals surface area contributed by atoms with Crippen LogP contribution in [-0.2, 0) is 11.2 Å². The Balaban J connectivity index is 1.84. The minimum atomic E-state index is -0.363. The lowest BCUT2D eigenvalue weighted by molar-refractivity contribution is -0.127. The Bertz CT molecular complexity index is 381. The van der Waals surface area contributed by atoms with E-state index in [1.54, 1.807) is 0 Å². The van der Waals surface area contributed by atoms with E-state index in [0.717, 1.165) is 17.7 Å². The molecule has 0 saturated carbocycles. The molecule has 0 aliphatic carbocycles. The molecule has 92 valence electrons. The fraction of sp³-hybridized carbons (Fsp3) is 0.462. The fourth-order valence-corrected chi connectivity index (χ4v) is 2.07. The fourth-order valence-electron chi connectivity index (χ4n) is 1.84. The van der Waals surface area contributed by atoms with Gasteiger partial charge in [-0.25, -0.2) is 0 Å². The second kappa shape index (κ2) is 5.54. The van der Waals surface area contributed by atoms with Crippen molar-refractivity contribution in [1.29, 1.82) is 0 Å². The summed E-state index contributed by atoms with van der Waals surface area (Å²) in [5.41, 5.74) is 1.11. The van der Waals surface area contributed by atoms with Gasteiger partial charge in [-0.05, 0) is 18.1 Å². The number of benzene rings is 1. The summed E-state index contributed by atoms with van der Waals surface area (Å²) in [4.78, 5) is 12.3. The number of amides is 1. The lowest BCUT2D eigenvalue weighted by Crippen LogP contribution is -2.38. The summed E-state index contributed by atoms with van der Waals surface area (Å²) in [6.07, 6.45) is 1.23. The van der Waals surface area contributed by atoms with Crippen molar-refractivity contribution in [3.05, 3.63) is 29.8 Å². The van der Waals surface area contributed by atoms with Crippen molar-refractivity contribution in [2.45, 2.75) is 30.7 Å². The van der Waals surface area contributed by atoms with Crippen LogP contribution in [0.3, 0.4) is 0 Å². The Kier molecular flexibility index (Phi) is 4.05. The Morgan fingerprint density at radius 3 is 3.06 bits per heavy atom. The van der Waals surface area contributed by atoms with Crippen LogP contribution in [0.2, 0.25) is 0 Å². The predicted octanol–water partition coefficient (Wildman–Crippen LogP) is 2.28. The summed E-state index contributed by atoms with van der Waals surface area (Å²) < 4.78 is 5.60. The average molecular weight is 298 g/mol. The maximum Gasteiger partial charge on any atom is 0.261 e. The number of carbonyl (C=O) groups excluding carboxylic acids is 1. The average Bonchev–Trinajstić information content (AvgIpc) is 2.71. The summed E-state index contributed by atoms with van der Waals surface area (Å²) in [6.45, 7) is 2.75. The van der Waals surface area contributed by atoms with E-state index < -0.39 is 0 Å². The minimum absolute atomic E-state index is 0.0191. The van der Waals surface area contributed by atoms with Crippen molar-refractivity contribution in [1.82, 2.24) is 5.32 Å². The molecule has 1 N–H and O–H groups in total. The molecule has 1 aromatic rings. The van der Waals surface area contributed by atoms with Crippen molar-refractivity contribution in [3.63, 3.8) is 0 Å². The molecular weight excluding hydrogens is 282 g/mol. The zero-order chi connectivity index (χ0) is 12.3. The van der Waals surface area contributed by atoms with Crippen molar-refractivity contribution in [3.8, 4) is 5.75 Å². The lowest BCUT2D eigenvalue weighted by Gasteiger charge is -2.11. The number of rotatable bonds is 4. The molecule has 1 aliphatic heterocycles. The molecule has 2 rings (SSSR count). The topological polar surface area (TPSA) is 38.3 Å². The zero-order valence-electron chi connectivity index (χ0n) is 9.78. The van der Waals surface area contributed by atoms with E-state index in [2.05, 4.69) is 28.2 Å². The molecule has 1 heterocycles. The summed E-state index contributed by atoms with van der Waals surface area (Å²) in [6, 6.07) is 7.80. The number of halogens is 1. The Morgan fingerprint density at radius 2 is 2.35 bits per heavy atom. The Hall–Kier alpha value is -1.03. The molecule has 4 heteroatoms. The first-order valence-corrected chi connectivity index (χ1v) is 6.74. The number of hydrogen-bond donors (Lipinski definition) is 1. The van der Waals surface area contributed by atoms with E-state index in [0.29, 0.717) is 17.8 Å². The van der Waals surface area contributed by atoms with Gasteiger partial charge in [-0.1, -0.05) is 41.1 Å². The first kappa shape index (κ1) is 12.4. The van der Waals surface area contributed by atoms with Gasteiger partial charge in [-0.2, -0.15) is 0 Å². The van der Waals surface area contributed by atoms with Crippen molar-refractivity contribution in [2.75, 3.05) is 6.54 Å². The SMILES string of the molecule is CC(Br)CCNC(=O)C1Cc2ccccc2O1. The van der Waals surface area contributed by atoms with E-state index in [1.165, 1.54) is 0 Å². The summed E-state index contributed by atoms with van der Waals surface area (Å²) in [7, 11) is 0. The van der Waals surface area contributed by atoms with Crippen molar-refractivity contribution in [2.24, 2.45) is 0 Å². The van der Waals surface area contributed by atoms with Gasteiger partial charge in [0.25, 0.3) is 5.91 Å². The summed E-state index contributed by atoms with van der Waals surface area (Å²) >= 11 is 3.45. The normalized spacial score (nSPS) is 19.3. The number of alkyl halides is 1. The number of para-hydroxylation sites is 1. The van der Waals surface area contributed by atoms with E-state index in [9.17, 15) is 4.79 Å². The van der Waals surface area contributed by atoms with Gasteiger partial charge < -0.3 is 10.1 Å². The van der Waals surface area contributed by atoms with E-state index >= 15 is 0 Å². The van der Waals surface area contributed by atoms with Crippen LogP contribution in [-0.4, -0.2) is 23.4 Å². The summed E-state index contributed by atoms with van der Waals surface area (Å²) in [5, 5.41) is 2.90. The third-order valence-corrected chi connectivity index (χ3v) is 3.24. The predicted molar refractivity (Wildman–Crippen MR) is 70.6 cm³/mol. The van der Waals surface area contributed by atoms with Crippen LogP contribution in [0.4, 0.5) is 0 Å². The highest BCUT2D eigenvalue weighted by Crippen LogP contribution is 2.28. The molecule has 2 unspecified atom stereocenters. The smallest absolute Gasteiger partial charge is 0.261 e. The minimum Gasteiger partial charge on any atom is -0.480 e. The molecule has 1 amide bonds. The Morgan fingerprint density at radius 1 is 1.59 bits per heavy atom. The first-order valence-electron chi connectivity index (χ1n) is 5.83. The number of nitrogens with one attached hydrogen (secondary N) is 1. The van der Waals surface area contributed by atoms with Gasteiger partial charge in [0.15, 0.2) is 6.10 Å². The standard InChI is InChI=1S/C13H16BrNO2/c1-9(14)6-7-15-13(16)12-8-10-4-2-3-5-11(10)17-12/h2-5,9,12H,6-8H2,1H3,(H,15,16). The second-order valence-electron chi connectivity index (χ2n) is 4.28. The highest BCUT2D eigenvalue weighted by atomic mass is 79.9. The van der Waals surface area contributed by atoms with Crippen molar-refractivity contribution >= 4 is 21.8 Å². The molecule has 0 bridgehead atoms. The van der Waals surface area contributed by atoms with Gasteiger partial charge in [-0.3, -0.25) is 4.79 Å². The summed E-state index contributed by atoms with van der Waals surface area (Å²) in [5.74, 6) is 0.816. The number of hydrogen-bond acceptors (Lipinski definition) is 2. The van der Waals surface area contributed by atoms with Gasteiger partial charge in [0.1, 0.15) is 5.75 Å². The van der Waals surface area contributed by atoms with Crippen LogP contribution in [0, 0.1) is 0 Å². The van der Waals surface area contributed by atoms with Crippen LogP contribution >= 0.6 is 15.9 Å². The molecule has 0 radical (unpaired) electrons. The monoisotopic (exact) mass is 297 g/mol. The van der Waals surface area contributed by atoms with Crippen LogP contribution in [0.5, 0.6) is 5.75 Å². The number of carbonyl (C=O) groups is 1. The van der Waals surface area contributed by atoms with Gasteiger partial charge in [0, 0.05) is 17.8 Å². The maximum absolute atomic E-state index is 11.8. The van der Waals surface area contributed by atoms with Crippen LogP contribution in [0.15, 0.2) is 24.3 Å². The second-order valence-corrected chi connectivity index (χ2v) is 5.84. The van der Waals surface area contributed by atoms with Crippen LogP contribution in [0.1, 0.15) is 18.9 Å². The van der Waals surface area contributed by atoms with E-state index in [4.69, 9.17) is 4.74 Å². The van der Waals surface area contributed by atoms with Crippen LogP contribution < -0.4 is 10.1 Å². The third-order valence-electron chi connectivity index (χ3n) is 2.78. The molecule has 1 aromatic carbocycles. The first-order chi connectivity index (χ1) is 8.16. The Labute approximate surface area is 110 Å². The molecule has 17 heavy (non-hydrogen) atoms. The van der Waals surface area contributed by atoms with Gasteiger partial charge in [0.05, 0.1) is 0 Å². The maximum atomic E-state index is 11.8. The molecule has 1 aliphatic rings. The van der Waals surface area contributed by atoms with Crippen LogP contribution in [0.25, 0.3) is 0 Å². The molecule has 0 spiro atoms. The van der Waals surface area contributed by atoms with Gasteiger partial charge in [-0.15, -0.1) is 0 Å². The molecular formula is C13H16BrNO2. The molecule has 0 aromatic heterocycles. The third kappa shape index (κ3) is 3.22.